The predicted octanol–water partition coefficient (Wildman–Crippen LogP) is 2.18. The van der Waals surface area contributed by atoms with Gasteiger partial charge in [-0.25, -0.2) is 4.68 Å². The van der Waals surface area contributed by atoms with E-state index in [-0.39, 0.29) is 18.3 Å². The van der Waals surface area contributed by atoms with E-state index in [0.717, 1.165) is 37.8 Å². The first-order chi connectivity index (χ1) is 11.8. The molecule has 1 aromatic heterocycles. The van der Waals surface area contributed by atoms with Crippen molar-refractivity contribution >= 4 is 18.3 Å². The van der Waals surface area contributed by atoms with Crippen LogP contribution in [0.3, 0.4) is 0 Å². The molecule has 5 fully saturated rings. The molecule has 1 aliphatic heterocycles. The summed E-state index contributed by atoms with van der Waals surface area (Å²) in [5, 5.41) is 15.1. The lowest BCUT2D eigenvalue weighted by Gasteiger charge is -2.54. The van der Waals surface area contributed by atoms with Crippen molar-refractivity contribution in [2.24, 2.45) is 23.7 Å². The fourth-order valence-electron chi connectivity index (χ4n) is 6.02. The number of carbonyl (C=O) groups is 1. The molecule has 4 bridgehead atoms. The maximum atomic E-state index is 12.7. The number of hydrogen-bond acceptors (Lipinski definition) is 4. The lowest BCUT2D eigenvalue weighted by Crippen LogP contribution is -2.55. The standard InChI is InChI=1S/C18H27N5O.ClH/c24-18(16-10-23(22-21-16)15-1-3-19-4-2-15)20-17-13-6-11-5-12(8-13)9-14(17)7-11;/h10-15,17,19H,1-9H2,(H,20,24);1H. The van der Waals surface area contributed by atoms with Gasteiger partial charge in [-0.2, -0.15) is 0 Å². The zero-order valence-electron chi connectivity index (χ0n) is 14.6. The molecular weight excluding hydrogens is 338 g/mol. The molecule has 7 heteroatoms. The number of nitrogens with zero attached hydrogens (tertiary/aromatic N) is 3. The van der Waals surface area contributed by atoms with Gasteiger partial charge in [0.05, 0.1) is 12.2 Å². The van der Waals surface area contributed by atoms with Crippen LogP contribution in [0.4, 0.5) is 0 Å². The first kappa shape index (κ1) is 17.3. The average molecular weight is 366 g/mol. The van der Waals surface area contributed by atoms with Crippen LogP contribution in [0.5, 0.6) is 0 Å². The van der Waals surface area contributed by atoms with Crippen LogP contribution in [0, 0.1) is 23.7 Å². The van der Waals surface area contributed by atoms with Crippen molar-refractivity contribution in [1.82, 2.24) is 25.6 Å². The Balaban J connectivity index is 0.00000157. The first-order valence-corrected chi connectivity index (χ1v) is 9.69. The Morgan fingerprint density at radius 1 is 1.08 bits per heavy atom. The number of carbonyl (C=O) groups excluding carboxylic acids is 1. The molecule has 1 saturated heterocycles. The van der Waals surface area contributed by atoms with Crippen LogP contribution in [0.25, 0.3) is 0 Å². The number of aromatic nitrogens is 3. The van der Waals surface area contributed by atoms with Crippen LogP contribution in [0.2, 0.25) is 0 Å². The number of rotatable bonds is 3. The maximum Gasteiger partial charge on any atom is 0.273 e. The lowest BCUT2D eigenvalue weighted by atomic mass is 9.54. The van der Waals surface area contributed by atoms with E-state index in [4.69, 9.17) is 0 Å². The summed E-state index contributed by atoms with van der Waals surface area (Å²) in [6, 6.07) is 0.746. The minimum atomic E-state index is -0.0207. The summed E-state index contributed by atoms with van der Waals surface area (Å²) < 4.78 is 1.90. The van der Waals surface area contributed by atoms with Crippen LogP contribution in [-0.4, -0.2) is 40.0 Å². The highest BCUT2D eigenvalue weighted by molar-refractivity contribution is 5.92. The van der Waals surface area contributed by atoms with Crippen molar-refractivity contribution in [2.75, 3.05) is 13.1 Å². The number of halogens is 1. The molecule has 138 valence electrons. The molecule has 6 rings (SSSR count). The van der Waals surface area contributed by atoms with Crippen molar-refractivity contribution < 1.29 is 4.79 Å². The number of amides is 1. The highest BCUT2D eigenvalue weighted by Crippen LogP contribution is 2.53. The molecule has 0 unspecified atom stereocenters. The zero-order valence-corrected chi connectivity index (χ0v) is 15.4. The Bertz CT molecular complexity index is 599. The SMILES string of the molecule is Cl.O=C(NC1C2CC3CC(C2)CC1C3)c1cn(C2CCNCC2)nn1. The molecule has 2 N–H and O–H groups in total. The highest BCUT2D eigenvalue weighted by Gasteiger charge is 2.48. The van der Waals surface area contributed by atoms with Crippen LogP contribution in [0.1, 0.15) is 61.5 Å². The third-order valence-electron chi connectivity index (χ3n) is 6.95. The Kier molecular flexibility index (Phi) is 4.75. The molecule has 0 radical (unpaired) electrons. The van der Waals surface area contributed by atoms with Crippen molar-refractivity contribution in [3.8, 4) is 0 Å². The van der Waals surface area contributed by atoms with Gasteiger partial charge in [-0.1, -0.05) is 5.21 Å². The van der Waals surface area contributed by atoms with Gasteiger partial charge < -0.3 is 10.6 Å². The molecule has 1 amide bonds. The van der Waals surface area contributed by atoms with Gasteiger partial charge in [0.1, 0.15) is 0 Å². The Morgan fingerprint density at radius 3 is 2.36 bits per heavy atom. The fourth-order valence-corrected chi connectivity index (χ4v) is 6.02. The van der Waals surface area contributed by atoms with Gasteiger partial charge in [0.2, 0.25) is 0 Å². The van der Waals surface area contributed by atoms with E-state index in [1.54, 1.807) is 0 Å². The molecule has 6 nitrogen and oxygen atoms in total. The minimum absolute atomic E-state index is 0. The monoisotopic (exact) mass is 365 g/mol. The van der Waals surface area contributed by atoms with Crippen molar-refractivity contribution in [1.29, 1.82) is 0 Å². The van der Waals surface area contributed by atoms with E-state index in [9.17, 15) is 4.79 Å². The fraction of sp³-hybridized carbons (Fsp3) is 0.833. The minimum Gasteiger partial charge on any atom is -0.347 e. The van der Waals surface area contributed by atoms with Gasteiger partial charge in [0, 0.05) is 6.04 Å². The number of piperidine rings is 1. The normalized spacial score (nSPS) is 36.9. The second-order valence-electron chi connectivity index (χ2n) is 8.49. The van der Waals surface area contributed by atoms with Gasteiger partial charge in [0.25, 0.3) is 5.91 Å². The summed E-state index contributed by atoms with van der Waals surface area (Å²) >= 11 is 0. The smallest absolute Gasteiger partial charge is 0.273 e. The summed E-state index contributed by atoms with van der Waals surface area (Å²) in [5.74, 6) is 3.24. The maximum absolute atomic E-state index is 12.7. The van der Waals surface area contributed by atoms with Crippen molar-refractivity contribution in [3.63, 3.8) is 0 Å². The van der Waals surface area contributed by atoms with Gasteiger partial charge in [0.15, 0.2) is 5.69 Å². The van der Waals surface area contributed by atoms with Crippen molar-refractivity contribution in [2.45, 2.75) is 57.0 Å². The molecule has 0 aromatic carbocycles. The first-order valence-electron chi connectivity index (χ1n) is 9.69. The number of hydrogen-bond donors (Lipinski definition) is 2. The van der Waals surface area contributed by atoms with E-state index in [1.165, 1.54) is 32.1 Å². The summed E-state index contributed by atoms with van der Waals surface area (Å²) in [6.45, 7) is 2.03. The van der Waals surface area contributed by atoms with Crippen LogP contribution < -0.4 is 10.6 Å². The van der Waals surface area contributed by atoms with E-state index >= 15 is 0 Å². The Morgan fingerprint density at radius 2 is 1.72 bits per heavy atom. The van der Waals surface area contributed by atoms with Gasteiger partial charge in [-0.05, 0) is 81.7 Å². The van der Waals surface area contributed by atoms with Gasteiger partial charge in [-0.15, -0.1) is 17.5 Å². The molecule has 4 saturated carbocycles. The third-order valence-corrected chi connectivity index (χ3v) is 6.95. The van der Waals surface area contributed by atoms with E-state index < -0.39 is 0 Å². The van der Waals surface area contributed by atoms with Crippen molar-refractivity contribution in [3.05, 3.63) is 11.9 Å². The van der Waals surface area contributed by atoms with E-state index in [2.05, 4.69) is 20.9 Å². The Labute approximate surface area is 154 Å². The molecule has 0 atom stereocenters. The lowest BCUT2D eigenvalue weighted by molar-refractivity contribution is -0.0120. The summed E-state index contributed by atoms with van der Waals surface area (Å²) in [4.78, 5) is 12.7. The number of nitrogens with one attached hydrogen (secondary N) is 2. The second-order valence-corrected chi connectivity index (χ2v) is 8.49. The van der Waals surface area contributed by atoms with Gasteiger partial charge in [-0.3, -0.25) is 4.79 Å². The Hall–Kier alpha value is -1.14. The van der Waals surface area contributed by atoms with E-state index in [1.807, 2.05) is 10.9 Å². The van der Waals surface area contributed by atoms with Gasteiger partial charge >= 0.3 is 0 Å². The zero-order chi connectivity index (χ0) is 16.1. The van der Waals surface area contributed by atoms with Crippen LogP contribution in [0.15, 0.2) is 6.20 Å². The topological polar surface area (TPSA) is 71.8 Å². The van der Waals surface area contributed by atoms with Crippen LogP contribution in [-0.2, 0) is 0 Å². The second kappa shape index (κ2) is 6.88. The molecule has 4 aliphatic carbocycles. The summed E-state index contributed by atoms with van der Waals surface area (Å²) in [6.07, 6.45) is 10.7. The molecule has 2 heterocycles. The summed E-state index contributed by atoms with van der Waals surface area (Å²) in [7, 11) is 0. The largest absolute Gasteiger partial charge is 0.347 e. The third kappa shape index (κ3) is 3.19. The predicted molar refractivity (Wildman–Crippen MR) is 96.7 cm³/mol. The molecule has 25 heavy (non-hydrogen) atoms. The summed E-state index contributed by atoms with van der Waals surface area (Å²) in [5.41, 5.74) is 0.488. The highest BCUT2D eigenvalue weighted by atomic mass is 35.5. The molecular formula is C18H28ClN5O. The quantitative estimate of drug-likeness (QED) is 0.861. The average Bonchev–Trinajstić information content (AvgIpc) is 3.08. The molecule has 0 spiro atoms. The molecule has 1 aromatic rings. The van der Waals surface area contributed by atoms with Crippen LogP contribution >= 0.6 is 12.4 Å². The van der Waals surface area contributed by atoms with E-state index in [0.29, 0.717) is 29.6 Å². The molecule has 5 aliphatic rings.